The van der Waals surface area contributed by atoms with Crippen molar-refractivity contribution in [3.8, 4) is 0 Å². The van der Waals surface area contributed by atoms with Crippen LogP contribution < -0.4 is 4.90 Å². The third kappa shape index (κ3) is 3.79. The highest BCUT2D eigenvalue weighted by Crippen LogP contribution is 2.26. The van der Waals surface area contributed by atoms with Gasteiger partial charge in [0.15, 0.2) is 0 Å². The highest BCUT2D eigenvalue weighted by atomic mass is 16.5. The summed E-state index contributed by atoms with van der Waals surface area (Å²) >= 11 is 0. The summed E-state index contributed by atoms with van der Waals surface area (Å²) in [7, 11) is 1.73. The van der Waals surface area contributed by atoms with E-state index in [9.17, 15) is 0 Å². The van der Waals surface area contributed by atoms with E-state index in [-0.39, 0.29) is 6.10 Å². The van der Waals surface area contributed by atoms with Gasteiger partial charge >= 0.3 is 0 Å². The van der Waals surface area contributed by atoms with Gasteiger partial charge in [-0.25, -0.2) is 9.97 Å². The van der Waals surface area contributed by atoms with Crippen LogP contribution in [0.3, 0.4) is 0 Å². The van der Waals surface area contributed by atoms with E-state index in [1.807, 2.05) is 16.9 Å². The molecule has 0 aliphatic heterocycles. The molecule has 0 fully saturated rings. The summed E-state index contributed by atoms with van der Waals surface area (Å²) < 4.78 is 7.43. The number of nitrogens with zero attached hydrogens (tertiary/aromatic N) is 5. The highest BCUT2D eigenvalue weighted by molar-refractivity contribution is 5.91. The van der Waals surface area contributed by atoms with Gasteiger partial charge in [0.05, 0.1) is 23.9 Å². The van der Waals surface area contributed by atoms with Gasteiger partial charge < -0.3 is 9.64 Å². The molecule has 1 atom stereocenters. The Hall–Kier alpha value is -2.47. The number of hydrogen-bond acceptors (Lipinski definition) is 5. The van der Waals surface area contributed by atoms with Gasteiger partial charge in [0.25, 0.3) is 0 Å². The molecule has 25 heavy (non-hydrogen) atoms. The summed E-state index contributed by atoms with van der Waals surface area (Å²) in [5, 5.41) is 5.67. The van der Waals surface area contributed by atoms with Gasteiger partial charge in [0, 0.05) is 31.8 Å². The monoisotopic (exact) mass is 339 g/mol. The van der Waals surface area contributed by atoms with Crippen LogP contribution in [0, 0.1) is 6.92 Å². The van der Waals surface area contributed by atoms with E-state index in [0.717, 1.165) is 41.1 Å². The normalized spacial score (nSPS) is 12.5. The summed E-state index contributed by atoms with van der Waals surface area (Å²) in [4.78, 5) is 11.3. The Morgan fingerprint density at radius 2 is 2.08 bits per heavy atom. The number of hydrogen-bond donors (Lipinski definition) is 0. The Kier molecular flexibility index (Phi) is 5.28. The van der Waals surface area contributed by atoms with Crippen molar-refractivity contribution in [2.45, 2.75) is 40.0 Å². The van der Waals surface area contributed by atoms with E-state index in [2.05, 4.69) is 58.9 Å². The molecule has 6 heteroatoms. The molecule has 2 heterocycles. The molecule has 132 valence electrons. The molecule has 0 saturated carbocycles. The van der Waals surface area contributed by atoms with Crippen LogP contribution in [0.25, 0.3) is 10.9 Å². The Balaban J connectivity index is 2.00. The molecule has 2 aromatic heterocycles. The maximum absolute atomic E-state index is 5.49. The topological polar surface area (TPSA) is 56.1 Å². The lowest BCUT2D eigenvalue weighted by Gasteiger charge is -2.26. The average molecular weight is 339 g/mol. The molecule has 3 aromatic rings. The molecule has 0 amide bonds. The second-order valence-corrected chi connectivity index (χ2v) is 6.26. The SMILES string of the molecule is CCn1ccc(CN(C[C@H](C)OC)c2ncnc3c(C)cccc23)n1. The molecular weight excluding hydrogens is 314 g/mol. The number of para-hydroxylation sites is 1. The molecular formula is C19H25N5O. The second-order valence-electron chi connectivity index (χ2n) is 6.26. The van der Waals surface area contributed by atoms with Crippen molar-refractivity contribution in [2.75, 3.05) is 18.6 Å². The first-order valence-corrected chi connectivity index (χ1v) is 8.62. The van der Waals surface area contributed by atoms with E-state index in [1.54, 1.807) is 13.4 Å². The number of methoxy groups -OCH3 is 1. The lowest BCUT2D eigenvalue weighted by Crippen LogP contribution is -2.32. The molecule has 1 aromatic carbocycles. The average Bonchev–Trinajstić information content (AvgIpc) is 3.08. The number of anilines is 1. The van der Waals surface area contributed by atoms with Gasteiger partial charge in [-0.15, -0.1) is 0 Å². The van der Waals surface area contributed by atoms with Crippen molar-refractivity contribution in [1.29, 1.82) is 0 Å². The van der Waals surface area contributed by atoms with Crippen LogP contribution in [0.2, 0.25) is 0 Å². The van der Waals surface area contributed by atoms with E-state index >= 15 is 0 Å². The zero-order chi connectivity index (χ0) is 17.8. The first-order valence-electron chi connectivity index (χ1n) is 8.62. The van der Waals surface area contributed by atoms with Crippen LogP contribution in [0.5, 0.6) is 0 Å². The van der Waals surface area contributed by atoms with Crippen molar-refractivity contribution in [3.63, 3.8) is 0 Å². The minimum atomic E-state index is 0.0862. The summed E-state index contributed by atoms with van der Waals surface area (Å²) in [6.45, 7) is 8.50. The first kappa shape index (κ1) is 17.4. The fraction of sp³-hybridized carbons (Fsp3) is 0.421. The zero-order valence-electron chi connectivity index (χ0n) is 15.3. The zero-order valence-corrected chi connectivity index (χ0v) is 15.3. The van der Waals surface area contributed by atoms with Crippen LogP contribution >= 0.6 is 0 Å². The smallest absolute Gasteiger partial charge is 0.140 e. The van der Waals surface area contributed by atoms with Crippen molar-refractivity contribution >= 4 is 16.7 Å². The largest absolute Gasteiger partial charge is 0.380 e. The summed E-state index contributed by atoms with van der Waals surface area (Å²) in [5.74, 6) is 0.920. The number of ether oxygens (including phenoxy) is 1. The van der Waals surface area contributed by atoms with Crippen LogP contribution in [0.15, 0.2) is 36.8 Å². The molecule has 6 nitrogen and oxygen atoms in total. The highest BCUT2D eigenvalue weighted by Gasteiger charge is 2.17. The van der Waals surface area contributed by atoms with Gasteiger partial charge in [0.2, 0.25) is 0 Å². The van der Waals surface area contributed by atoms with Gasteiger partial charge in [-0.05, 0) is 38.5 Å². The van der Waals surface area contributed by atoms with Crippen molar-refractivity contribution in [3.05, 3.63) is 48.0 Å². The number of aromatic nitrogens is 4. The molecule has 0 unspecified atom stereocenters. The van der Waals surface area contributed by atoms with Crippen LogP contribution in [-0.2, 0) is 17.8 Å². The van der Waals surface area contributed by atoms with Gasteiger partial charge in [-0.1, -0.05) is 12.1 Å². The molecule has 0 N–H and O–H groups in total. The van der Waals surface area contributed by atoms with Crippen molar-refractivity contribution in [1.82, 2.24) is 19.7 Å². The lowest BCUT2D eigenvalue weighted by molar-refractivity contribution is 0.122. The van der Waals surface area contributed by atoms with E-state index in [0.29, 0.717) is 6.54 Å². The van der Waals surface area contributed by atoms with Gasteiger partial charge in [-0.3, -0.25) is 4.68 Å². The third-order valence-corrected chi connectivity index (χ3v) is 4.40. The lowest BCUT2D eigenvalue weighted by atomic mass is 10.1. The molecule has 0 spiro atoms. The molecule has 0 saturated heterocycles. The fourth-order valence-corrected chi connectivity index (χ4v) is 2.94. The van der Waals surface area contributed by atoms with E-state index < -0.39 is 0 Å². The number of rotatable bonds is 7. The maximum Gasteiger partial charge on any atom is 0.140 e. The van der Waals surface area contributed by atoms with E-state index in [1.165, 1.54) is 0 Å². The van der Waals surface area contributed by atoms with Crippen molar-refractivity contribution in [2.24, 2.45) is 0 Å². The Bertz CT molecular complexity index is 845. The van der Waals surface area contributed by atoms with Gasteiger partial charge in [-0.2, -0.15) is 5.10 Å². The molecule has 3 rings (SSSR count). The quantitative estimate of drug-likeness (QED) is 0.662. The van der Waals surface area contributed by atoms with Crippen molar-refractivity contribution < 1.29 is 4.74 Å². The molecule has 0 radical (unpaired) electrons. The maximum atomic E-state index is 5.49. The van der Waals surface area contributed by atoms with Crippen LogP contribution in [0.1, 0.15) is 25.1 Å². The third-order valence-electron chi connectivity index (χ3n) is 4.40. The first-order chi connectivity index (χ1) is 12.1. The van der Waals surface area contributed by atoms with Gasteiger partial charge in [0.1, 0.15) is 12.1 Å². The number of aryl methyl sites for hydroxylation is 2. The fourth-order valence-electron chi connectivity index (χ4n) is 2.94. The Labute approximate surface area is 148 Å². The number of benzene rings is 1. The minimum absolute atomic E-state index is 0.0862. The number of fused-ring (bicyclic) bond motifs is 1. The van der Waals surface area contributed by atoms with Crippen LogP contribution in [0.4, 0.5) is 5.82 Å². The molecule has 0 bridgehead atoms. The van der Waals surface area contributed by atoms with Crippen LogP contribution in [-0.4, -0.2) is 39.5 Å². The van der Waals surface area contributed by atoms with E-state index in [4.69, 9.17) is 4.74 Å². The summed E-state index contributed by atoms with van der Waals surface area (Å²) in [5.41, 5.74) is 3.15. The molecule has 0 aliphatic rings. The standard InChI is InChI=1S/C19H25N5O/c1-5-24-10-9-16(22-24)12-23(11-15(3)25-4)19-17-8-6-7-14(2)18(17)20-13-21-19/h6-10,13,15H,5,11-12H2,1-4H3/t15-/m0/s1. The Morgan fingerprint density at radius 3 is 2.80 bits per heavy atom. The summed E-state index contributed by atoms with van der Waals surface area (Å²) in [6.07, 6.45) is 3.73. The minimum Gasteiger partial charge on any atom is -0.380 e. The second kappa shape index (κ2) is 7.61. The molecule has 0 aliphatic carbocycles. The Morgan fingerprint density at radius 1 is 1.24 bits per heavy atom. The predicted octanol–water partition coefficient (Wildman–Crippen LogP) is 3.20. The summed E-state index contributed by atoms with van der Waals surface area (Å²) in [6, 6.07) is 8.26. The predicted molar refractivity (Wildman–Crippen MR) is 99.7 cm³/mol.